The Morgan fingerprint density at radius 3 is 2.35 bits per heavy atom. The van der Waals surface area contributed by atoms with E-state index in [1.54, 1.807) is 43.6 Å². The zero-order chi connectivity index (χ0) is 29.0. The number of Topliss-reactive ketones (excluding diaryl/α,β-unsaturated/α-hetero) is 1. The fourth-order valence-electron chi connectivity index (χ4n) is 4.93. The van der Waals surface area contributed by atoms with Crippen LogP contribution in [-0.4, -0.2) is 33.9 Å². The van der Waals surface area contributed by atoms with E-state index in [1.165, 1.54) is 16.2 Å². The van der Waals surface area contributed by atoms with Gasteiger partial charge in [0.25, 0.3) is 5.78 Å². The molecule has 3 heterocycles. The van der Waals surface area contributed by atoms with Gasteiger partial charge < -0.3 is 9.84 Å². The van der Waals surface area contributed by atoms with Crippen LogP contribution in [0, 0.1) is 0 Å². The molecule has 8 heteroatoms. The fraction of sp³-hybridized carbons (Fsp3) is 0.312. The van der Waals surface area contributed by atoms with Gasteiger partial charge in [0.15, 0.2) is 5.13 Å². The summed E-state index contributed by atoms with van der Waals surface area (Å²) < 4.78 is 6.46. The maximum Gasteiger partial charge on any atom is 0.301 e. The van der Waals surface area contributed by atoms with Crippen LogP contribution in [0.4, 0.5) is 5.13 Å². The van der Waals surface area contributed by atoms with E-state index >= 15 is 0 Å². The van der Waals surface area contributed by atoms with E-state index in [2.05, 4.69) is 31.8 Å². The monoisotopic (exact) mass is 555 g/mol. The molecule has 1 aliphatic heterocycles. The van der Waals surface area contributed by atoms with Gasteiger partial charge in [0.1, 0.15) is 17.6 Å². The molecule has 1 aliphatic rings. The molecular formula is C32H33N3O4S. The highest BCUT2D eigenvalue weighted by molar-refractivity contribution is 7.22. The quantitative estimate of drug-likeness (QED) is 0.167. The average Bonchev–Trinajstić information content (AvgIpc) is 3.45. The lowest BCUT2D eigenvalue weighted by Gasteiger charge is -2.24. The molecule has 2 aromatic carbocycles. The summed E-state index contributed by atoms with van der Waals surface area (Å²) in [5.74, 6) is -1.12. The molecule has 1 unspecified atom stereocenters. The number of amides is 1. The Kier molecular flexibility index (Phi) is 6.78. The lowest BCUT2D eigenvalue weighted by Crippen LogP contribution is -2.29. The number of aliphatic hydroxyl groups excluding tert-OH is 1. The smallest absolute Gasteiger partial charge is 0.301 e. The second kappa shape index (κ2) is 9.86. The number of rotatable bonds is 4. The molecule has 1 saturated heterocycles. The predicted octanol–water partition coefficient (Wildman–Crippen LogP) is 6.92. The summed E-state index contributed by atoms with van der Waals surface area (Å²) in [6.45, 7) is 12.5. The van der Waals surface area contributed by atoms with Crippen LogP contribution in [0.25, 0.3) is 16.0 Å². The van der Waals surface area contributed by atoms with Crippen molar-refractivity contribution in [2.45, 2.75) is 58.4 Å². The van der Waals surface area contributed by atoms with Gasteiger partial charge in [-0.15, -0.1) is 0 Å². The molecule has 7 nitrogen and oxygen atoms in total. The van der Waals surface area contributed by atoms with Crippen molar-refractivity contribution >= 4 is 44.1 Å². The van der Waals surface area contributed by atoms with Crippen molar-refractivity contribution in [2.75, 3.05) is 12.0 Å². The van der Waals surface area contributed by atoms with Gasteiger partial charge in [0.2, 0.25) is 0 Å². The van der Waals surface area contributed by atoms with Crippen LogP contribution in [0.3, 0.4) is 0 Å². The highest BCUT2D eigenvalue weighted by Gasteiger charge is 2.49. The van der Waals surface area contributed by atoms with Crippen molar-refractivity contribution in [1.82, 2.24) is 9.97 Å². The number of carbonyl (C=O) groups excluding carboxylic acids is 2. The first-order chi connectivity index (χ1) is 18.8. The number of ketones is 1. The van der Waals surface area contributed by atoms with Crippen molar-refractivity contribution in [3.8, 4) is 5.75 Å². The van der Waals surface area contributed by atoms with E-state index in [0.29, 0.717) is 22.1 Å². The summed E-state index contributed by atoms with van der Waals surface area (Å²) in [7, 11) is 1.60. The van der Waals surface area contributed by atoms with Gasteiger partial charge in [-0.05, 0) is 58.9 Å². The van der Waals surface area contributed by atoms with Crippen LogP contribution >= 0.6 is 11.3 Å². The molecule has 0 saturated carbocycles. The molecule has 2 aromatic heterocycles. The normalized spacial score (nSPS) is 17.6. The third-order valence-electron chi connectivity index (χ3n) is 7.14. The standard InChI is InChI=1S/C32H33N3O4S/c1-31(2,3)19-12-13-21-24(17-19)40-30(34-21)35-26(22-10-8-9-15-33-22)25(28(37)29(35)38)27(36)18-11-14-23(39-7)20(16-18)32(4,5)6/h8-17,26,36H,1-7H3/b27-25+. The van der Waals surface area contributed by atoms with Crippen LogP contribution in [0.15, 0.2) is 66.4 Å². The third-order valence-corrected chi connectivity index (χ3v) is 8.16. The number of aromatic nitrogens is 2. The van der Waals surface area contributed by atoms with Crippen LogP contribution in [0.1, 0.15) is 70.0 Å². The summed E-state index contributed by atoms with van der Waals surface area (Å²) >= 11 is 1.34. The summed E-state index contributed by atoms with van der Waals surface area (Å²) in [6, 6.07) is 15.7. The summed E-state index contributed by atoms with van der Waals surface area (Å²) in [4.78, 5) is 37.8. The molecule has 5 rings (SSSR count). The van der Waals surface area contributed by atoms with Crippen molar-refractivity contribution in [3.63, 3.8) is 0 Å². The van der Waals surface area contributed by atoms with Gasteiger partial charge >= 0.3 is 5.91 Å². The maximum atomic E-state index is 13.6. The number of carbonyl (C=O) groups is 2. The number of nitrogens with zero attached hydrogens (tertiary/aromatic N) is 3. The summed E-state index contributed by atoms with van der Waals surface area (Å²) in [6.07, 6.45) is 1.61. The maximum absolute atomic E-state index is 13.6. The highest BCUT2D eigenvalue weighted by atomic mass is 32.1. The summed E-state index contributed by atoms with van der Waals surface area (Å²) in [5.41, 5.74) is 3.26. The van der Waals surface area contributed by atoms with Crippen LogP contribution in [0.2, 0.25) is 0 Å². The molecule has 1 amide bonds. The number of thiazole rings is 1. The minimum absolute atomic E-state index is 0.0247. The second-order valence-electron chi connectivity index (χ2n) is 12.0. The van der Waals surface area contributed by atoms with Gasteiger partial charge in [-0.1, -0.05) is 65.0 Å². The number of fused-ring (bicyclic) bond motifs is 1. The molecule has 206 valence electrons. The third kappa shape index (κ3) is 4.77. The number of hydrogen-bond acceptors (Lipinski definition) is 7. The van der Waals surface area contributed by atoms with Crippen molar-refractivity contribution < 1.29 is 19.4 Å². The first-order valence-corrected chi connectivity index (χ1v) is 13.9. The van der Waals surface area contributed by atoms with Gasteiger partial charge in [0.05, 0.1) is 28.6 Å². The molecule has 40 heavy (non-hydrogen) atoms. The minimum Gasteiger partial charge on any atom is -0.507 e. The molecule has 0 aliphatic carbocycles. The van der Waals surface area contributed by atoms with E-state index in [9.17, 15) is 14.7 Å². The number of pyridine rings is 1. The number of ether oxygens (including phenoxy) is 1. The molecule has 1 atom stereocenters. The fourth-order valence-corrected chi connectivity index (χ4v) is 5.96. The van der Waals surface area contributed by atoms with Gasteiger partial charge in [-0.25, -0.2) is 4.98 Å². The Morgan fingerprint density at radius 1 is 0.975 bits per heavy atom. The van der Waals surface area contributed by atoms with Crippen LogP contribution < -0.4 is 9.64 Å². The number of methoxy groups -OCH3 is 1. The predicted molar refractivity (Wildman–Crippen MR) is 159 cm³/mol. The molecule has 4 aromatic rings. The molecular weight excluding hydrogens is 522 g/mol. The Labute approximate surface area is 238 Å². The lowest BCUT2D eigenvalue weighted by molar-refractivity contribution is -0.132. The Morgan fingerprint density at radius 2 is 1.73 bits per heavy atom. The van der Waals surface area contributed by atoms with Crippen molar-refractivity contribution in [1.29, 1.82) is 0 Å². The van der Waals surface area contributed by atoms with Crippen molar-refractivity contribution in [2.24, 2.45) is 0 Å². The van der Waals surface area contributed by atoms with E-state index in [0.717, 1.165) is 21.3 Å². The van der Waals surface area contributed by atoms with Gasteiger partial charge in [0, 0.05) is 17.3 Å². The minimum atomic E-state index is -0.941. The number of benzene rings is 2. The Bertz CT molecular complexity index is 1660. The molecule has 0 bridgehead atoms. The van der Waals surface area contributed by atoms with E-state index < -0.39 is 17.7 Å². The van der Waals surface area contributed by atoms with E-state index in [4.69, 9.17) is 9.72 Å². The zero-order valence-corrected chi connectivity index (χ0v) is 24.6. The SMILES string of the molecule is COc1ccc(/C(O)=C2\C(=O)C(=O)N(c3nc4ccc(C(C)(C)C)cc4s3)C2c2ccccn2)cc1C(C)(C)C. The first-order valence-electron chi connectivity index (χ1n) is 13.1. The first kappa shape index (κ1) is 27.5. The topological polar surface area (TPSA) is 92.6 Å². The zero-order valence-electron chi connectivity index (χ0n) is 23.8. The largest absolute Gasteiger partial charge is 0.507 e. The van der Waals surface area contributed by atoms with Crippen LogP contribution in [0.5, 0.6) is 5.75 Å². The molecule has 0 spiro atoms. The second-order valence-corrected chi connectivity index (χ2v) is 13.0. The van der Waals surface area contributed by atoms with E-state index in [-0.39, 0.29) is 22.2 Å². The van der Waals surface area contributed by atoms with E-state index in [1.807, 2.05) is 39.0 Å². The molecule has 0 radical (unpaired) electrons. The molecule has 1 N–H and O–H groups in total. The average molecular weight is 556 g/mol. The van der Waals surface area contributed by atoms with Crippen LogP contribution in [-0.2, 0) is 20.4 Å². The highest BCUT2D eigenvalue weighted by Crippen LogP contribution is 2.45. The van der Waals surface area contributed by atoms with Gasteiger partial charge in [-0.3, -0.25) is 19.5 Å². The Balaban J connectivity index is 1.70. The van der Waals surface area contributed by atoms with Gasteiger partial charge in [-0.2, -0.15) is 0 Å². The number of hydrogen-bond donors (Lipinski definition) is 1. The molecule has 1 fully saturated rings. The Hall–Kier alpha value is -4.04. The lowest BCUT2D eigenvalue weighted by atomic mass is 9.84. The number of aliphatic hydroxyl groups is 1. The number of anilines is 1. The summed E-state index contributed by atoms with van der Waals surface area (Å²) in [5, 5.41) is 12.0. The van der Waals surface area contributed by atoms with Crippen molar-refractivity contribution in [3.05, 3.63) is 88.8 Å².